The second-order valence-electron chi connectivity index (χ2n) is 6.49. The molecule has 0 fully saturated rings. The Bertz CT molecular complexity index is 821. The van der Waals surface area contributed by atoms with Gasteiger partial charge in [0, 0.05) is 13.1 Å². The first-order valence-corrected chi connectivity index (χ1v) is 10.6. The number of rotatable bonds is 10. The molecular weight excluding hydrogens is 362 g/mol. The average Bonchev–Trinajstić information content (AvgIpc) is 2.62. The highest BCUT2D eigenvalue weighted by molar-refractivity contribution is 7.89. The minimum absolute atomic E-state index is 0.0134. The second-order valence-corrected chi connectivity index (χ2v) is 8.05. The fourth-order valence-electron chi connectivity index (χ4n) is 2.82. The Balaban J connectivity index is 1.80. The van der Waals surface area contributed by atoms with Crippen molar-refractivity contribution in [3.8, 4) is 0 Å². The number of hydrogen-bond donors (Lipinski definition) is 2. The van der Waals surface area contributed by atoms with Crippen molar-refractivity contribution >= 4 is 15.9 Å². The number of amides is 1. The molecule has 0 unspecified atom stereocenters. The lowest BCUT2D eigenvalue weighted by atomic mass is 10.1. The van der Waals surface area contributed by atoms with Crippen molar-refractivity contribution in [2.75, 3.05) is 19.6 Å². The van der Waals surface area contributed by atoms with E-state index in [9.17, 15) is 13.2 Å². The number of nitrogens with one attached hydrogen (secondary N) is 1. The summed E-state index contributed by atoms with van der Waals surface area (Å²) in [6, 6.07) is 16.5. The molecule has 3 N–H and O–H groups in total. The van der Waals surface area contributed by atoms with Gasteiger partial charge in [0.25, 0.3) is 0 Å². The molecule has 0 heterocycles. The first-order chi connectivity index (χ1) is 12.9. The molecule has 0 aliphatic heterocycles. The number of sulfonamides is 1. The van der Waals surface area contributed by atoms with E-state index in [1.54, 1.807) is 12.1 Å². The number of carbonyl (C=O) groups is 1. The molecule has 2 aromatic rings. The third kappa shape index (κ3) is 7.50. The molecule has 0 saturated heterocycles. The largest absolute Gasteiger partial charge is 0.355 e. The topological polar surface area (TPSA) is 92.5 Å². The second kappa shape index (κ2) is 10.2. The number of nitrogens with two attached hydrogens (primary N) is 1. The molecule has 0 spiro atoms. The van der Waals surface area contributed by atoms with Crippen LogP contribution in [0.3, 0.4) is 0 Å². The van der Waals surface area contributed by atoms with Crippen LogP contribution in [0, 0.1) is 0 Å². The first-order valence-electron chi connectivity index (χ1n) is 9.03. The Morgan fingerprint density at radius 1 is 1.04 bits per heavy atom. The van der Waals surface area contributed by atoms with Crippen LogP contribution in [0.4, 0.5) is 0 Å². The summed E-state index contributed by atoms with van der Waals surface area (Å²) in [6.45, 7) is 4.56. The van der Waals surface area contributed by atoms with Gasteiger partial charge < -0.3 is 5.32 Å². The Morgan fingerprint density at radius 3 is 2.30 bits per heavy atom. The van der Waals surface area contributed by atoms with E-state index < -0.39 is 10.0 Å². The van der Waals surface area contributed by atoms with Crippen molar-refractivity contribution in [1.29, 1.82) is 0 Å². The molecule has 0 aliphatic carbocycles. The molecule has 0 atom stereocenters. The summed E-state index contributed by atoms with van der Waals surface area (Å²) in [7, 11) is -3.67. The van der Waals surface area contributed by atoms with Crippen LogP contribution in [-0.4, -0.2) is 38.9 Å². The van der Waals surface area contributed by atoms with Crippen LogP contribution in [0.25, 0.3) is 0 Å². The lowest BCUT2D eigenvalue weighted by Gasteiger charge is -2.21. The van der Waals surface area contributed by atoms with Crippen LogP contribution in [0.5, 0.6) is 0 Å². The van der Waals surface area contributed by atoms with Gasteiger partial charge in [-0.3, -0.25) is 9.69 Å². The summed E-state index contributed by atoms with van der Waals surface area (Å²) in [5, 5.41) is 8.01. The lowest BCUT2D eigenvalue weighted by Crippen LogP contribution is -2.38. The van der Waals surface area contributed by atoms with E-state index in [0.29, 0.717) is 19.5 Å². The molecule has 0 bridgehead atoms. The Morgan fingerprint density at radius 2 is 1.70 bits per heavy atom. The van der Waals surface area contributed by atoms with Crippen LogP contribution in [0.2, 0.25) is 0 Å². The van der Waals surface area contributed by atoms with Gasteiger partial charge in [-0.25, -0.2) is 13.6 Å². The highest BCUT2D eigenvalue weighted by atomic mass is 32.2. The van der Waals surface area contributed by atoms with Crippen LogP contribution in [-0.2, 0) is 27.8 Å². The van der Waals surface area contributed by atoms with Gasteiger partial charge in [-0.2, -0.15) is 0 Å². The van der Waals surface area contributed by atoms with Crippen molar-refractivity contribution < 1.29 is 13.2 Å². The summed E-state index contributed by atoms with van der Waals surface area (Å²) in [4.78, 5) is 14.5. The van der Waals surface area contributed by atoms with Gasteiger partial charge >= 0.3 is 0 Å². The van der Waals surface area contributed by atoms with Crippen molar-refractivity contribution in [2.24, 2.45) is 5.14 Å². The predicted molar refractivity (Wildman–Crippen MR) is 107 cm³/mol. The zero-order chi connectivity index (χ0) is 19.7. The monoisotopic (exact) mass is 389 g/mol. The van der Waals surface area contributed by atoms with Crippen molar-refractivity contribution in [2.45, 2.75) is 31.2 Å². The SMILES string of the molecule is CCCN(CC(=O)NCCc1ccc(S(N)(=O)=O)cc1)Cc1ccccc1. The number of primary sulfonamides is 1. The highest BCUT2D eigenvalue weighted by Gasteiger charge is 2.11. The summed E-state index contributed by atoms with van der Waals surface area (Å²) in [6.07, 6.45) is 1.61. The first kappa shape index (κ1) is 21.1. The van der Waals surface area contributed by atoms with Gasteiger partial charge in [-0.1, -0.05) is 49.4 Å². The van der Waals surface area contributed by atoms with Gasteiger partial charge in [0.05, 0.1) is 11.4 Å². The molecule has 1 amide bonds. The molecule has 7 heteroatoms. The maximum atomic E-state index is 12.2. The zero-order valence-electron chi connectivity index (χ0n) is 15.6. The third-order valence-corrected chi connectivity index (χ3v) is 5.07. The average molecular weight is 390 g/mol. The maximum absolute atomic E-state index is 12.2. The Kier molecular flexibility index (Phi) is 7.97. The van der Waals surface area contributed by atoms with E-state index in [1.165, 1.54) is 17.7 Å². The molecule has 0 radical (unpaired) electrons. The van der Waals surface area contributed by atoms with E-state index in [-0.39, 0.29) is 10.8 Å². The van der Waals surface area contributed by atoms with Gasteiger partial charge in [0.2, 0.25) is 15.9 Å². The van der Waals surface area contributed by atoms with Gasteiger partial charge in [-0.15, -0.1) is 0 Å². The normalized spacial score (nSPS) is 11.5. The lowest BCUT2D eigenvalue weighted by molar-refractivity contribution is -0.122. The quantitative estimate of drug-likeness (QED) is 0.649. The maximum Gasteiger partial charge on any atom is 0.238 e. The smallest absolute Gasteiger partial charge is 0.238 e. The van der Waals surface area contributed by atoms with Crippen LogP contribution in [0.1, 0.15) is 24.5 Å². The zero-order valence-corrected chi connectivity index (χ0v) is 16.4. The number of nitrogens with zero attached hydrogens (tertiary/aromatic N) is 1. The van der Waals surface area contributed by atoms with Crippen molar-refractivity contribution in [1.82, 2.24) is 10.2 Å². The molecule has 2 rings (SSSR count). The Labute approximate surface area is 161 Å². The summed E-state index contributed by atoms with van der Waals surface area (Å²) >= 11 is 0. The molecule has 27 heavy (non-hydrogen) atoms. The third-order valence-electron chi connectivity index (χ3n) is 4.14. The molecular formula is C20H27N3O3S. The number of benzene rings is 2. The summed E-state index contributed by atoms with van der Waals surface area (Å²) < 4.78 is 22.5. The number of hydrogen-bond acceptors (Lipinski definition) is 4. The molecule has 2 aromatic carbocycles. The molecule has 0 aromatic heterocycles. The van der Waals surface area contributed by atoms with Crippen LogP contribution < -0.4 is 10.5 Å². The van der Waals surface area contributed by atoms with Gasteiger partial charge in [0.1, 0.15) is 0 Å². The van der Waals surface area contributed by atoms with E-state index >= 15 is 0 Å². The molecule has 6 nitrogen and oxygen atoms in total. The number of carbonyl (C=O) groups excluding carboxylic acids is 1. The Hall–Kier alpha value is -2.22. The fraction of sp³-hybridized carbons (Fsp3) is 0.350. The minimum atomic E-state index is -3.67. The fourth-order valence-corrected chi connectivity index (χ4v) is 3.34. The van der Waals surface area contributed by atoms with Crippen LogP contribution >= 0.6 is 0 Å². The highest BCUT2D eigenvalue weighted by Crippen LogP contribution is 2.09. The summed E-state index contributed by atoms with van der Waals surface area (Å²) in [5.74, 6) is -0.0134. The minimum Gasteiger partial charge on any atom is -0.355 e. The van der Waals surface area contributed by atoms with Crippen molar-refractivity contribution in [3.05, 3.63) is 65.7 Å². The molecule has 0 aliphatic rings. The van der Waals surface area contributed by atoms with E-state index in [4.69, 9.17) is 5.14 Å². The van der Waals surface area contributed by atoms with Gasteiger partial charge in [0.15, 0.2) is 0 Å². The van der Waals surface area contributed by atoms with Gasteiger partial charge in [-0.05, 0) is 42.6 Å². The van der Waals surface area contributed by atoms with Crippen LogP contribution in [0.15, 0.2) is 59.5 Å². The molecule has 146 valence electrons. The van der Waals surface area contributed by atoms with E-state index in [0.717, 1.165) is 25.1 Å². The van der Waals surface area contributed by atoms with Crippen molar-refractivity contribution in [3.63, 3.8) is 0 Å². The predicted octanol–water partition coefficient (Wildman–Crippen LogP) is 1.90. The standard InChI is InChI=1S/C20H27N3O3S/c1-2-14-23(15-18-6-4-3-5-7-18)16-20(24)22-13-12-17-8-10-19(11-9-17)27(21,25)26/h3-11H,2,12-16H2,1H3,(H,22,24)(H2,21,25,26). The van der Waals surface area contributed by atoms with E-state index in [2.05, 4.69) is 29.3 Å². The van der Waals surface area contributed by atoms with E-state index in [1.807, 2.05) is 18.2 Å². The molecule has 0 saturated carbocycles. The summed E-state index contributed by atoms with van der Waals surface area (Å²) in [5.41, 5.74) is 2.13.